The Bertz CT molecular complexity index is 1940. The van der Waals surface area contributed by atoms with Crippen LogP contribution in [0.3, 0.4) is 0 Å². The van der Waals surface area contributed by atoms with Gasteiger partial charge in [-0.15, -0.1) is 0 Å². The number of ether oxygens (including phenoxy) is 7. The van der Waals surface area contributed by atoms with Gasteiger partial charge in [0.15, 0.2) is 18.7 Å². The van der Waals surface area contributed by atoms with Crippen molar-refractivity contribution in [2.45, 2.75) is 388 Å². The SMILES string of the molecule is CCCCCCCCCCCCCCCCCC(=O)OCC1OC(OC2C(O)C(O)C(O)C(OC3OC(CO)C(O)C(O)C3O)C2OP(=O)(O)OCC(COC(=O)CCCCCCCCCCCCC)OC(=O)CCCCCCCCCCCCCC)C(O)C(O)C1O. The van der Waals surface area contributed by atoms with Crippen molar-refractivity contribution in [1.29, 1.82) is 0 Å². The van der Waals surface area contributed by atoms with Crippen molar-refractivity contribution in [2.75, 3.05) is 26.4 Å². The predicted octanol–water partition coefficient (Wildman–Crippen LogP) is 9.01. The van der Waals surface area contributed by atoms with Crippen molar-refractivity contribution in [3.8, 4) is 0 Å². The summed E-state index contributed by atoms with van der Waals surface area (Å²) in [6.45, 7) is 3.43. The second-order valence-corrected chi connectivity index (χ2v) is 27.7. The predicted molar refractivity (Wildman–Crippen MR) is 347 cm³/mol. The third-order valence-electron chi connectivity index (χ3n) is 18.1. The van der Waals surface area contributed by atoms with Crippen molar-refractivity contribution in [3.63, 3.8) is 0 Å². The average molecular weight is 1360 g/mol. The van der Waals surface area contributed by atoms with Crippen LogP contribution in [0.1, 0.15) is 284 Å². The summed E-state index contributed by atoms with van der Waals surface area (Å²) >= 11 is 0. The molecule has 24 nitrogen and oxygen atoms in total. The van der Waals surface area contributed by atoms with Crippen LogP contribution in [0.15, 0.2) is 0 Å². The maximum absolute atomic E-state index is 14.3. The topological polar surface area (TPSA) is 374 Å². The fraction of sp³-hybridized carbons (Fsp3) is 0.956. The van der Waals surface area contributed by atoms with Gasteiger partial charge in [0.05, 0.1) is 13.2 Å². The maximum Gasteiger partial charge on any atom is 0.472 e. The molecule has 18 unspecified atom stereocenters. The fourth-order valence-corrected chi connectivity index (χ4v) is 13.1. The molecule has 1 aliphatic carbocycles. The highest BCUT2D eigenvalue weighted by molar-refractivity contribution is 7.47. The van der Waals surface area contributed by atoms with Gasteiger partial charge in [0.25, 0.3) is 0 Å². The first kappa shape index (κ1) is 85.2. The van der Waals surface area contributed by atoms with E-state index in [4.69, 9.17) is 42.2 Å². The number of esters is 3. The normalized spacial score (nSPS) is 28.4. The van der Waals surface area contributed by atoms with Gasteiger partial charge in [-0.3, -0.25) is 23.4 Å². The van der Waals surface area contributed by atoms with Gasteiger partial charge >= 0.3 is 25.7 Å². The van der Waals surface area contributed by atoms with Gasteiger partial charge in [-0.1, -0.05) is 245 Å². The number of hydrogen-bond acceptors (Lipinski definition) is 23. The maximum atomic E-state index is 14.3. The first-order valence-electron chi connectivity index (χ1n) is 36.3. The van der Waals surface area contributed by atoms with Crippen LogP contribution in [0.4, 0.5) is 0 Å². The minimum absolute atomic E-state index is 0.0338. The molecular formula is C68H127O24P. The highest BCUT2D eigenvalue weighted by Crippen LogP contribution is 2.49. The lowest BCUT2D eigenvalue weighted by Gasteiger charge is -2.49. The molecule has 25 heteroatoms. The molecule has 2 heterocycles. The Balaban J connectivity index is 1.74. The molecule has 2 aliphatic heterocycles. The summed E-state index contributed by atoms with van der Waals surface area (Å²) in [5.74, 6) is -1.98. The second kappa shape index (κ2) is 51.2. The van der Waals surface area contributed by atoms with Crippen LogP contribution in [0.2, 0.25) is 0 Å². The molecule has 18 atom stereocenters. The summed E-state index contributed by atoms with van der Waals surface area (Å²) in [6.07, 6.45) is 6.25. The molecule has 0 aromatic heterocycles. The van der Waals surface area contributed by atoms with E-state index in [2.05, 4.69) is 20.8 Å². The molecular weight excluding hydrogens is 1230 g/mol. The van der Waals surface area contributed by atoms with Crippen LogP contribution >= 0.6 is 7.82 Å². The molecule has 548 valence electrons. The molecule has 3 rings (SSSR count). The van der Waals surface area contributed by atoms with Crippen molar-refractivity contribution >= 4 is 25.7 Å². The number of phosphoric ester groups is 1. The molecule has 11 N–H and O–H groups in total. The Labute approximate surface area is 555 Å². The summed E-state index contributed by atoms with van der Waals surface area (Å²) in [7, 11) is -5.68. The molecule has 2 saturated heterocycles. The van der Waals surface area contributed by atoms with E-state index in [1.807, 2.05) is 0 Å². The Hall–Kier alpha value is -2.04. The molecule has 93 heavy (non-hydrogen) atoms. The summed E-state index contributed by atoms with van der Waals surface area (Å²) < 4.78 is 64.9. The zero-order chi connectivity index (χ0) is 68.2. The van der Waals surface area contributed by atoms with E-state index >= 15 is 0 Å². The van der Waals surface area contributed by atoms with E-state index < -0.39 is 156 Å². The molecule has 0 bridgehead atoms. The van der Waals surface area contributed by atoms with Crippen LogP contribution < -0.4 is 0 Å². The van der Waals surface area contributed by atoms with Crippen LogP contribution in [0.25, 0.3) is 0 Å². The van der Waals surface area contributed by atoms with E-state index in [9.17, 15) is 74.9 Å². The molecule has 0 aromatic rings. The van der Waals surface area contributed by atoms with Gasteiger partial charge in [0.1, 0.15) is 98.7 Å². The van der Waals surface area contributed by atoms with Crippen LogP contribution in [-0.2, 0) is 61.2 Å². The van der Waals surface area contributed by atoms with Crippen molar-refractivity contribution < 1.29 is 117 Å². The van der Waals surface area contributed by atoms with Crippen LogP contribution in [0.5, 0.6) is 0 Å². The number of carbonyl (C=O) groups is 3. The van der Waals surface area contributed by atoms with Gasteiger partial charge in [-0.25, -0.2) is 4.57 Å². The number of unbranched alkanes of at least 4 members (excludes halogenated alkanes) is 35. The van der Waals surface area contributed by atoms with Gasteiger partial charge < -0.3 is 89.1 Å². The minimum Gasteiger partial charge on any atom is -0.463 e. The Morgan fingerprint density at radius 3 is 1.05 bits per heavy atom. The highest BCUT2D eigenvalue weighted by Gasteiger charge is 2.58. The van der Waals surface area contributed by atoms with E-state index in [0.29, 0.717) is 19.3 Å². The zero-order valence-corrected chi connectivity index (χ0v) is 57.7. The lowest BCUT2D eigenvalue weighted by atomic mass is 9.84. The van der Waals surface area contributed by atoms with Gasteiger partial charge in [0, 0.05) is 19.3 Å². The minimum atomic E-state index is -5.68. The number of hydrogen-bond donors (Lipinski definition) is 11. The van der Waals surface area contributed by atoms with Crippen molar-refractivity contribution in [1.82, 2.24) is 0 Å². The number of rotatable bonds is 56. The number of aliphatic hydroxyl groups excluding tert-OH is 10. The molecule has 0 aromatic carbocycles. The molecule has 0 radical (unpaired) electrons. The average Bonchev–Trinajstić information content (AvgIpc) is 0.782. The second-order valence-electron chi connectivity index (χ2n) is 26.3. The first-order chi connectivity index (χ1) is 44.8. The van der Waals surface area contributed by atoms with E-state index in [1.54, 1.807) is 0 Å². The van der Waals surface area contributed by atoms with Gasteiger partial charge in [-0.2, -0.15) is 0 Å². The van der Waals surface area contributed by atoms with Crippen molar-refractivity contribution in [3.05, 3.63) is 0 Å². The van der Waals surface area contributed by atoms with E-state index in [1.165, 1.54) is 128 Å². The largest absolute Gasteiger partial charge is 0.472 e. The Kier molecular flexibility index (Phi) is 46.9. The number of phosphoric acid groups is 1. The van der Waals surface area contributed by atoms with E-state index in [-0.39, 0.29) is 19.3 Å². The standard InChI is InChI=1S/C68H127O24P/c1-4-7-10-13-16-19-22-24-25-26-29-31-34-37-40-43-53(71)85-48-51-56(74)58(76)63(81)68(89-51)91-65-61(79)59(77)60(78)64(90-67-62(80)57(75)55(73)50(45-69)88-67)66(65)92-93(82,83)86-47-49(46-84-52(70)42-39-36-33-30-27-21-18-15-12-9-6-3)87-54(72)44-41-38-35-32-28-23-20-17-14-11-8-5-2/h49-51,55-69,73-81H,4-48H2,1-3H3,(H,82,83). The van der Waals surface area contributed by atoms with Gasteiger partial charge in [-0.05, 0) is 19.3 Å². The van der Waals surface area contributed by atoms with Crippen LogP contribution in [-0.4, -0.2) is 204 Å². The summed E-state index contributed by atoms with van der Waals surface area (Å²) in [4.78, 5) is 50.8. The number of carbonyl (C=O) groups excluding carboxylic acids is 3. The lowest BCUT2D eigenvalue weighted by molar-refractivity contribution is -0.360. The van der Waals surface area contributed by atoms with Crippen LogP contribution in [0, 0.1) is 0 Å². The molecule has 0 amide bonds. The zero-order valence-electron chi connectivity index (χ0n) is 56.8. The molecule has 3 fully saturated rings. The highest BCUT2D eigenvalue weighted by atomic mass is 31.2. The number of aliphatic hydroxyl groups is 10. The quantitative estimate of drug-likeness (QED) is 0.0117. The molecule has 0 spiro atoms. The Morgan fingerprint density at radius 1 is 0.376 bits per heavy atom. The summed E-state index contributed by atoms with van der Waals surface area (Å²) in [5.41, 5.74) is 0. The summed E-state index contributed by atoms with van der Waals surface area (Å²) in [6, 6.07) is 0. The smallest absolute Gasteiger partial charge is 0.463 e. The third-order valence-corrected chi connectivity index (χ3v) is 19.1. The molecule has 3 aliphatic rings. The van der Waals surface area contributed by atoms with Gasteiger partial charge in [0.2, 0.25) is 0 Å². The summed E-state index contributed by atoms with van der Waals surface area (Å²) in [5, 5.41) is 110. The fourth-order valence-electron chi connectivity index (χ4n) is 12.2. The molecule has 1 saturated carbocycles. The third kappa shape index (κ3) is 35.0. The lowest BCUT2D eigenvalue weighted by Crippen LogP contribution is -2.69. The van der Waals surface area contributed by atoms with Crippen molar-refractivity contribution in [2.24, 2.45) is 0 Å². The Morgan fingerprint density at radius 2 is 0.688 bits per heavy atom. The monoisotopic (exact) mass is 1360 g/mol. The van der Waals surface area contributed by atoms with E-state index in [0.717, 1.165) is 96.3 Å². The first-order valence-corrected chi connectivity index (χ1v) is 37.8.